The molecule has 0 bridgehead atoms. The number of hydrogen-bond acceptors (Lipinski definition) is 5. The normalized spacial score (nSPS) is 16.5. The van der Waals surface area contributed by atoms with Crippen molar-refractivity contribution < 1.29 is 13.5 Å². The highest BCUT2D eigenvalue weighted by Gasteiger charge is 2.19. The van der Waals surface area contributed by atoms with Crippen LogP contribution in [0.2, 0.25) is 0 Å². The molecule has 1 aromatic carbocycles. The Kier molecular flexibility index (Phi) is 5.48. The molecule has 1 saturated heterocycles. The van der Waals surface area contributed by atoms with Crippen molar-refractivity contribution in [2.45, 2.75) is 20.4 Å². The molecule has 5 nitrogen and oxygen atoms in total. The molecule has 1 fully saturated rings. The molecule has 130 valence electrons. The van der Waals surface area contributed by atoms with Crippen LogP contribution in [-0.4, -0.2) is 54.1 Å². The van der Waals surface area contributed by atoms with Crippen molar-refractivity contribution in [2.75, 3.05) is 39.3 Å². The molecular weight excluding hydrogens is 309 g/mol. The Labute approximate surface area is 142 Å². The van der Waals surface area contributed by atoms with Gasteiger partial charge in [0.15, 0.2) is 11.6 Å². The highest BCUT2D eigenvalue weighted by atomic mass is 19.1. The third-order valence-corrected chi connectivity index (χ3v) is 4.40. The first-order chi connectivity index (χ1) is 11.6. The van der Waals surface area contributed by atoms with Gasteiger partial charge in [-0.2, -0.15) is 0 Å². The third kappa shape index (κ3) is 4.33. The summed E-state index contributed by atoms with van der Waals surface area (Å²) in [7, 11) is 0. The van der Waals surface area contributed by atoms with E-state index >= 15 is 0 Å². The topological polar surface area (TPSA) is 41.7 Å². The van der Waals surface area contributed by atoms with E-state index in [4.69, 9.17) is 9.15 Å². The number of halogens is 1. The zero-order chi connectivity index (χ0) is 16.9. The minimum absolute atomic E-state index is 0.307. The standard InChI is InChI=1S/C18H24FN3O2/c1-14-15(2)24-18(20-14)13-22-9-7-21(8-10-22)11-12-23-17-6-4-3-5-16(17)19/h3-6H,7-13H2,1-2H3. The van der Waals surface area contributed by atoms with E-state index in [0.717, 1.165) is 56.6 Å². The number of ether oxygens (including phenoxy) is 1. The largest absolute Gasteiger partial charge is 0.489 e. The summed E-state index contributed by atoms with van der Waals surface area (Å²) in [5.74, 6) is 1.71. The highest BCUT2D eigenvalue weighted by Crippen LogP contribution is 2.15. The fraction of sp³-hybridized carbons (Fsp3) is 0.500. The van der Waals surface area contributed by atoms with Crippen LogP contribution >= 0.6 is 0 Å². The van der Waals surface area contributed by atoms with Crippen LogP contribution in [0.25, 0.3) is 0 Å². The average Bonchev–Trinajstić information content (AvgIpc) is 2.89. The number of benzene rings is 1. The third-order valence-electron chi connectivity index (χ3n) is 4.40. The molecule has 2 heterocycles. The summed E-state index contributed by atoms with van der Waals surface area (Å²) >= 11 is 0. The van der Waals surface area contributed by atoms with Crippen LogP contribution in [0.15, 0.2) is 28.7 Å². The molecule has 0 N–H and O–H groups in total. The number of aryl methyl sites for hydroxylation is 2. The van der Waals surface area contributed by atoms with Crippen molar-refractivity contribution in [1.82, 2.24) is 14.8 Å². The molecule has 2 aromatic rings. The SMILES string of the molecule is Cc1nc(CN2CCN(CCOc3ccccc3F)CC2)oc1C. The van der Waals surface area contributed by atoms with Crippen molar-refractivity contribution in [2.24, 2.45) is 0 Å². The fourth-order valence-electron chi connectivity index (χ4n) is 2.82. The number of aromatic nitrogens is 1. The maximum Gasteiger partial charge on any atom is 0.208 e. The van der Waals surface area contributed by atoms with E-state index < -0.39 is 0 Å². The quantitative estimate of drug-likeness (QED) is 0.813. The van der Waals surface area contributed by atoms with Crippen molar-refractivity contribution in [3.8, 4) is 5.75 Å². The van der Waals surface area contributed by atoms with Crippen LogP contribution in [0.3, 0.4) is 0 Å². The van der Waals surface area contributed by atoms with Crippen LogP contribution in [0.1, 0.15) is 17.3 Å². The van der Waals surface area contributed by atoms with E-state index in [2.05, 4.69) is 14.8 Å². The van der Waals surface area contributed by atoms with Crippen molar-refractivity contribution in [3.63, 3.8) is 0 Å². The van der Waals surface area contributed by atoms with Gasteiger partial charge in [0.05, 0.1) is 12.2 Å². The number of hydrogen-bond donors (Lipinski definition) is 0. The van der Waals surface area contributed by atoms with Crippen molar-refractivity contribution >= 4 is 0 Å². The van der Waals surface area contributed by atoms with Gasteiger partial charge in [-0.3, -0.25) is 9.80 Å². The summed E-state index contributed by atoms with van der Waals surface area (Å²) in [6.45, 7) is 9.86. The van der Waals surface area contributed by atoms with E-state index in [0.29, 0.717) is 12.4 Å². The van der Waals surface area contributed by atoms with Gasteiger partial charge in [0.2, 0.25) is 5.89 Å². The molecule has 24 heavy (non-hydrogen) atoms. The molecule has 0 atom stereocenters. The summed E-state index contributed by atoms with van der Waals surface area (Å²) in [6, 6.07) is 6.52. The summed E-state index contributed by atoms with van der Waals surface area (Å²) < 4.78 is 24.7. The van der Waals surface area contributed by atoms with Gasteiger partial charge in [0, 0.05) is 32.7 Å². The lowest BCUT2D eigenvalue weighted by Crippen LogP contribution is -2.47. The van der Waals surface area contributed by atoms with E-state index in [1.165, 1.54) is 6.07 Å². The monoisotopic (exact) mass is 333 g/mol. The average molecular weight is 333 g/mol. The molecule has 0 unspecified atom stereocenters. The van der Waals surface area contributed by atoms with Crippen molar-refractivity contribution in [1.29, 1.82) is 0 Å². The fourth-order valence-corrected chi connectivity index (χ4v) is 2.82. The zero-order valence-electron chi connectivity index (χ0n) is 14.3. The van der Waals surface area contributed by atoms with Gasteiger partial charge in [0.25, 0.3) is 0 Å². The Balaban J connectivity index is 1.38. The minimum Gasteiger partial charge on any atom is -0.489 e. The van der Waals surface area contributed by atoms with Crippen LogP contribution in [0, 0.1) is 19.7 Å². The van der Waals surface area contributed by atoms with Crippen LogP contribution in [0.4, 0.5) is 4.39 Å². The van der Waals surface area contributed by atoms with Crippen LogP contribution < -0.4 is 4.74 Å². The van der Waals surface area contributed by atoms with Gasteiger partial charge in [-0.15, -0.1) is 0 Å². The number of piperazine rings is 1. The second kappa shape index (κ2) is 7.77. The lowest BCUT2D eigenvalue weighted by Gasteiger charge is -2.33. The predicted molar refractivity (Wildman–Crippen MR) is 89.6 cm³/mol. The minimum atomic E-state index is -0.307. The molecule has 1 aliphatic rings. The molecule has 0 radical (unpaired) electrons. The Morgan fingerprint density at radius 3 is 2.50 bits per heavy atom. The summed E-state index contributed by atoms with van der Waals surface area (Å²) in [5, 5.41) is 0. The summed E-state index contributed by atoms with van der Waals surface area (Å²) in [5.41, 5.74) is 0.967. The lowest BCUT2D eigenvalue weighted by molar-refractivity contribution is 0.105. The van der Waals surface area contributed by atoms with Gasteiger partial charge >= 0.3 is 0 Å². The molecule has 1 aliphatic heterocycles. The first kappa shape index (κ1) is 16.9. The maximum atomic E-state index is 13.5. The Morgan fingerprint density at radius 2 is 1.83 bits per heavy atom. The molecule has 0 spiro atoms. The van der Waals surface area contributed by atoms with E-state index in [9.17, 15) is 4.39 Å². The molecule has 0 amide bonds. The van der Waals surface area contributed by atoms with Gasteiger partial charge in [0.1, 0.15) is 12.4 Å². The van der Waals surface area contributed by atoms with Gasteiger partial charge in [-0.25, -0.2) is 9.37 Å². The Bertz CT molecular complexity index is 647. The second-order valence-corrected chi connectivity index (χ2v) is 6.15. The molecular formula is C18H24FN3O2. The first-order valence-corrected chi connectivity index (χ1v) is 8.37. The smallest absolute Gasteiger partial charge is 0.208 e. The molecule has 0 aliphatic carbocycles. The number of oxazole rings is 1. The summed E-state index contributed by atoms with van der Waals surface area (Å²) in [6.07, 6.45) is 0. The summed E-state index contributed by atoms with van der Waals surface area (Å²) in [4.78, 5) is 9.12. The Morgan fingerprint density at radius 1 is 1.12 bits per heavy atom. The van der Waals surface area contributed by atoms with E-state index in [1.807, 2.05) is 13.8 Å². The van der Waals surface area contributed by atoms with E-state index in [1.54, 1.807) is 18.2 Å². The maximum absolute atomic E-state index is 13.5. The van der Waals surface area contributed by atoms with Crippen molar-refractivity contribution in [3.05, 3.63) is 47.4 Å². The highest BCUT2D eigenvalue weighted by molar-refractivity contribution is 5.23. The van der Waals surface area contributed by atoms with Gasteiger partial charge in [-0.05, 0) is 26.0 Å². The molecule has 0 saturated carbocycles. The molecule has 1 aromatic heterocycles. The second-order valence-electron chi connectivity index (χ2n) is 6.15. The van der Waals surface area contributed by atoms with Crippen LogP contribution in [0.5, 0.6) is 5.75 Å². The number of rotatable bonds is 6. The number of para-hydroxylation sites is 1. The Hall–Kier alpha value is -1.92. The van der Waals surface area contributed by atoms with Gasteiger partial charge < -0.3 is 9.15 Å². The predicted octanol–water partition coefficient (Wildman–Crippen LogP) is 2.63. The zero-order valence-corrected chi connectivity index (χ0v) is 14.3. The molecule has 6 heteroatoms. The first-order valence-electron chi connectivity index (χ1n) is 8.37. The van der Waals surface area contributed by atoms with Crippen LogP contribution in [-0.2, 0) is 6.54 Å². The molecule has 3 rings (SSSR count). The van der Waals surface area contributed by atoms with Gasteiger partial charge in [-0.1, -0.05) is 12.1 Å². The lowest BCUT2D eigenvalue weighted by atomic mass is 10.3. The number of nitrogens with zero attached hydrogens (tertiary/aromatic N) is 3. The van der Waals surface area contributed by atoms with E-state index in [-0.39, 0.29) is 5.82 Å².